The number of piperidine rings is 1. The van der Waals surface area contributed by atoms with Crippen molar-refractivity contribution >= 4 is 5.96 Å². The highest BCUT2D eigenvalue weighted by Gasteiger charge is 2.21. The summed E-state index contributed by atoms with van der Waals surface area (Å²) in [6.45, 7) is 17.5. The van der Waals surface area contributed by atoms with Crippen LogP contribution in [0.1, 0.15) is 54.4 Å². The maximum atomic E-state index is 4.78. The molecule has 1 heterocycles. The number of likely N-dealkylation sites (tertiary alicyclic amines) is 1. The lowest BCUT2D eigenvalue weighted by Crippen LogP contribution is -2.48. The zero-order chi connectivity index (χ0) is 15.2. The topological polar surface area (TPSA) is 39.7 Å². The third-order valence-electron chi connectivity index (χ3n) is 3.63. The van der Waals surface area contributed by atoms with Gasteiger partial charge in [0.2, 0.25) is 0 Å². The summed E-state index contributed by atoms with van der Waals surface area (Å²) in [7, 11) is 0. The lowest BCUT2D eigenvalue weighted by molar-refractivity contribution is 0.143. The number of hydrogen-bond acceptors (Lipinski definition) is 2. The van der Waals surface area contributed by atoms with Gasteiger partial charge in [0.1, 0.15) is 0 Å². The quantitative estimate of drug-likeness (QED) is 0.614. The number of rotatable bonds is 4. The summed E-state index contributed by atoms with van der Waals surface area (Å²) in [4.78, 5) is 7.36. The van der Waals surface area contributed by atoms with Crippen LogP contribution in [0.2, 0.25) is 0 Å². The molecule has 0 aromatic carbocycles. The minimum absolute atomic E-state index is 0.0531. The number of hydrogen-bond donors (Lipinski definition) is 2. The molecular weight excluding hydrogens is 248 g/mol. The van der Waals surface area contributed by atoms with Crippen LogP contribution in [0.5, 0.6) is 0 Å². The second-order valence-electron chi connectivity index (χ2n) is 7.19. The van der Waals surface area contributed by atoms with Crippen molar-refractivity contribution in [1.82, 2.24) is 15.5 Å². The molecule has 4 heteroatoms. The Kier molecular flexibility index (Phi) is 6.80. The summed E-state index contributed by atoms with van der Waals surface area (Å²) in [5.41, 5.74) is 0.0531. The minimum atomic E-state index is 0.0531. The highest BCUT2D eigenvalue weighted by Crippen LogP contribution is 2.18. The van der Waals surface area contributed by atoms with Gasteiger partial charge in [0, 0.05) is 31.2 Å². The Morgan fingerprint density at radius 3 is 2.60 bits per heavy atom. The molecule has 0 aliphatic carbocycles. The van der Waals surface area contributed by atoms with Crippen molar-refractivity contribution in [2.75, 3.05) is 26.2 Å². The van der Waals surface area contributed by atoms with E-state index in [1.807, 2.05) is 0 Å². The van der Waals surface area contributed by atoms with Crippen LogP contribution >= 0.6 is 0 Å². The Hall–Kier alpha value is -0.770. The van der Waals surface area contributed by atoms with Crippen molar-refractivity contribution in [3.05, 3.63) is 0 Å². The van der Waals surface area contributed by atoms with E-state index in [-0.39, 0.29) is 5.54 Å². The molecule has 0 bridgehead atoms. The maximum Gasteiger partial charge on any atom is 0.191 e. The van der Waals surface area contributed by atoms with E-state index in [9.17, 15) is 0 Å². The van der Waals surface area contributed by atoms with E-state index in [0.717, 1.165) is 19.0 Å². The van der Waals surface area contributed by atoms with E-state index in [2.05, 4.69) is 57.1 Å². The Balaban J connectivity index is 2.53. The fraction of sp³-hybridized carbons (Fsp3) is 0.938. The van der Waals surface area contributed by atoms with Gasteiger partial charge in [-0.1, -0.05) is 0 Å². The summed E-state index contributed by atoms with van der Waals surface area (Å²) >= 11 is 0. The summed E-state index contributed by atoms with van der Waals surface area (Å²) in [5.74, 6) is 1.64. The zero-order valence-electron chi connectivity index (χ0n) is 14.3. The van der Waals surface area contributed by atoms with Crippen LogP contribution in [0.4, 0.5) is 0 Å². The average Bonchev–Trinajstić information content (AvgIpc) is 2.35. The monoisotopic (exact) mass is 282 g/mol. The van der Waals surface area contributed by atoms with Gasteiger partial charge in [-0.05, 0) is 66.8 Å². The standard InChI is InChI=1S/C16H34N4/c1-7-17-15(19-16(4,5)6)18-11-14-9-8-10-20(12-14)13(2)3/h13-14H,7-12H2,1-6H3,(H2,17,18,19). The second kappa shape index (κ2) is 7.87. The first-order valence-corrected chi connectivity index (χ1v) is 8.12. The molecule has 1 saturated heterocycles. The van der Waals surface area contributed by atoms with Gasteiger partial charge >= 0.3 is 0 Å². The van der Waals surface area contributed by atoms with Gasteiger partial charge in [-0.2, -0.15) is 0 Å². The van der Waals surface area contributed by atoms with E-state index in [0.29, 0.717) is 12.0 Å². The normalized spacial score (nSPS) is 22.1. The molecule has 1 aliphatic rings. The molecule has 1 unspecified atom stereocenters. The molecule has 1 fully saturated rings. The third-order valence-corrected chi connectivity index (χ3v) is 3.63. The maximum absolute atomic E-state index is 4.78. The molecule has 118 valence electrons. The zero-order valence-corrected chi connectivity index (χ0v) is 14.3. The van der Waals surface area contributed by atoms with Gasteiger partial charge in [0.15, 0.2) is 5.96 Å². The molecule has 2 N–H and O–H groups in total. The number of nitrogens with zero attached hydrogens (tertiary/aromatic N) is 2. The molecule has 1 rings (SSSR count). The van der Waals surface area contributed by atoms with Crippen LogP contribution in [0, 0.1) is 5.92 Å². The van der Waals surface area contributed by atoms with Crippen LogP contribution in [0.15, 0.2) is 4.99 Å². The molecule has 1 aliphatic heterocycles. The Morgan fingerprint density at radius 1 is 1.35 bits per heavy atom. The van der Waals surface area contributed by atoms with Crippen molar-refractivity contribution < 1.29 is 0 Å². The van der Waals surface area contributed by atoms with Crippen molar-refractivity contribution in [3.63, 3.8) is 0 Å². The molecule has 0 aromatic heterocycles. The lowest BCUT2D eigenvalue weighted by Gasteiger charge is -2.35. The lowest BCUT2D eigenvalue weighted by atomic mass is 9.97. The Labute approximate surface area is 125 Å². The van der Waals surface area contributed by atoms with Crippen LogP contribution in [0.25, 0.3) is 0 Å². The predicted molar refractivity (Wildman–Crippen MR) is 88.3 cm³/mol. The molecule has 20 heavy (non-hydrogen) atoms. The van der Waals surface area contributed by atoms with Gasteiger partial charge in [0.05, 0.1) is 0 Å². The summed E-state index contributed by atoms with van der Waals surface area (Å²) in [5, 5.41) is 6.79. The fourth-order valence-electron chi connectivity index (χ4n) is 2.60. The van der Waals surface area contributed by atoms with Crippen molar-refractivity contribution in [2.24, 2.45) is 10.9 Å². The molecule has 0 amide bonds. The molecule has 0 radical (unpaired) electrons. The van der Waals surface area contributed by atoms with Gasteiger partial charge in [-0.25, -0.2) is 0 Å². The molecule has 4 nitrogen and oxygen atoms in total. The Morgan fingerprint density at radius 2 is 2.05 bits per heavy atom. The smallest absolute Gasteiger partial charge is 0.191 e. The number of guanidine groups is 1. The minimum Gasteiger partial charge on any atom is -0.357 e. The largest absolute Gasteiger partial charge is 0.357 e. The first-order valence-electron chi connectivity index (χ1n) is 8.12. The van der Waals surface area contributed by atoms with E-state index in [1.165, 1.54) is 25.9 Å². The first-order chi connectivity index (χ1) is 9.31. The molecule has 1 atom stereocenters. The highest BCUT2D eigenvalue weighted by atomic mass is 15.2. The average molecular weight is 282 g/mol. The van der Waals surface area contributed by atoms with E-state index < -0.39 is 0 Å². The summed E-state index contributed by atoms with van der Waals surface area (Å²) in [6.07, 6.45) is 2.61. The van der Waals surface area contributed by atoms with Gasteiger partial charge < -0.3 is 15.5 Å². The van der Waals surface area contributed by atoms with E-state index in [4.69, 9.17) is 4.99 Å². The fourth-order valence-corrected chi connectivity index (χ4v) is 2.60. The van der Waals surface area contributed by atoms with Crippen molar-refractivity contribution in [2.45, 2.75) is 66.0 Å². The summed E-state index contributed by atoms with van der Waals surface area (Å²) in [6, 6.07) is 0.655. The van der Waals surface area contributed by atoms with Crippen molar-refractivity contribution in [3.8, 4) is 0 Å². The second-order valence-corrected chi connectivity index (χ2v) is 7.19. The van der Waals surface area contributed by atoms with Gasteiger partial charge in [0.25, 0.3) is 0 Å². The summed E-state index contributed by atoms with van der Waals surface area (Å²) < 4.78 is 0. The van der Waals surface area contributed by atoms with Gasteiger partial charge in [-0.3, -0.25) is 4.99 Å². The molecular formula is C16H34N4. The predicted octanol–water partition coefficient (Wildman–Crippen LogP) is 2.46. The SMILES string of the molecule is CCNC(=NCC1CCCN(C(C)C)C1)NC(C)(C)C. The van der Waals surface area contributed by atoms with Crippen molar-refractivity contribution in [1.29, 1.82) is 0 Å². The van der Waals surface area contributed by atoms with Crippen LogP contribution in [-0.2, 0) is 0 Å². The van der Waals surface area contributed by atoms with E-state index in [1.54, 1.807) is 0 Å². The van der Waals surface area contributed by atoms with Crippen LogP contribution in [-0.4, -0.2) is 48.6 Å². The molecule has 0 spiro atoms. The molecule has 0 saturated carbocycles. The van der Waals surface area contributed by atoms with Gasteiger partial charge in [-0.15, -0.1) is 0 Å². The van der Waals surface area contributed by atoms with Crippen LogP contribution in [0.3, 0.4) is 0 Å². The van der Waals surface area contributed by atoms with Crippen LogP contribution < -0.4 is 10.6 Å². The third kappa shape index (κ3) is 6.60. The number of nitrogens with one attached hydrogen (secondary N) is 2. The first kappa shape index (κ1) is 17.3. The Bertz CT molecular complexity index is 304. The van der Waals surface area contributed by atoms with E-state index >= 15 is 0 Å². The molecule has 0 aromatic rings. The highest BCUT2D eigenvalue weighted by molar-refractivity contribution is 5.80. The number of aliphatic imine (C=N–C) groups is 1.